The summed E-state index contributed by atoms with van der Waals surface area (Å²) < 4.78 is 1.83. The van der Waals surface area contributed by atoms with Crippen molar-refractivity contribution < 1.29 is 0 Å². The van der Waals surface area contributed by atoms with Crippen molar-refractivity contribution in [3.63, 3.8) is 0 Å². The van der Waals surface area contributed by atoms with Crippen LogP contribution in [-0.4, -0.2) is 23.6 Å². The second kappa shape index (κ2) is 6.92. The van der Waals surface area contributed by atoms with E-state index in [2.05, 4.69) is 41.4 Å². The lowest BCUT2D eigenvalue weighted by Gasteiger charge is -2.18. The predicted molar refractivity (Wildman–Crippen MR) is 134 cm³/mol. The molecular weight excluding hydrogens is 394 g/mol. The van der Waals surface area contributed by atoms with Gasteiger partial charge in [-0.1, -0.05) is 48.5 Å². The number of nitrogens with zero attached hydrogens (tertiary/aromatic N) is 3. The summed E-state index contributed by atoms with van der Waals surface area (Å²) in [6.07, 6.45) is 1.78. The summed E-state index contributed by atoms with van der Waals surface area (Å²) in [6, 6.07) is 28.6. The smallest absolute Gasteiger partial charge is 0.263 e. The zero-order chi connectivity index (χ0) is 21.8. The van der Waals surface area contributed by atoms with Crippen LogP contribution in [0, 0.1) is 0 Å². The van der Waals surface area contributed by atoms with Gasteiger partial charge in [-0.25, -0.2) is 0 Å². The quantitative estimate of drug-likeness (QED) is 0.261. The van der Waals surface area contributed by atoms with Gasteiger partial charge in [0.15, 0.2) is 0 Å². The first-order valence-corrected chi connectivity index (χ1v) is 10.6. The lowest BCUT2D eigenvalue weighted by Crippen LogP contribution is -2.20. The average molecular weight is 415 g/mol. The number of fused-ring (bicyclic) bond motifs is 5. The molecule has 0 saturated heterocycles. The van der Waals surface area contributed by atoms with Crippen molar-refractivity contribution in [2.75, 3.05) is 19.0 Å². The van der Waals surface area contributed by atoms with Crippen molar-refractivity contribution in [3.8, 4) is 5.69 Å². The predicted octanol–water partition coefficient (Wildman–Crippen LogP) is 5.91. The van der Waals surface area contributed by atoms with Crippen LogP contribution in [0.4, 0.5) is 5.69 Å². The fraction of sp³-hybridized carbons (Fsp3) is 0.0714. The Morgan fingerprint density at radius 2 is 1.47 bits per heavy atom. The second-order valence-electron chi connectivity index (χ2n) is 8.33. The van der Waals surface area contributed by atoms with Crippen LogP contribution in [0.3, 0.4) is 0 Å². The molecule has 0 aliphatic carbocycles. The van der Waals surface area contributed by atoms with E-state index in [1.54, 1.807) is 6.20 Å². The van der Waals surface area contributed by atoms with Crippen molar-refractivity contribution in [3.05, 3.63) is 101 Å². The van der Waals surface area contributed by atoms with E-state index in [1.165, 1.54) is 0 Å². The fourth-order valence-corrected chi connectivity index (χ4v) is 4.59. The number of hydrogen-bond donors (Lipinski definition) is 0. The highest BCUT2D eigenvalue weighted by Gasteiger charge is 2.16. The molecule has 0 amide bonds. The third-order valence-corrected chi connectivity index (χ3v) is 6.20. The maximum Gasteiger partial charge on any atom is 0.263 e. The lowest BCUT2D eigenvalue weighted by molar-refractivity contribution is 1.06. The van der Waals surface area contributed by atoms with Crippen molar-refractivity contribution in [2.24, 2.45) is 0 Å². The Bertz CT molecular complexity index is 1730. The van der Waals surface area contributed by atoms with E-state index in [0.717, 1.165) is 49.3 Å². The molecule has 2 heterocycles. The SMILES string of the molecule is CN(C)c1ccc2c(c1)c(=O)n(-c1cccc3cccnc13)c1cc3ccccc3cc21. The highest BCUT2D eigenvalue weighted by molar-refractivity contribution is 6.12. The molecule has 0 aliphatic heterocycles. The molecule has 0 aliphatic rings. The summed E-state index contributed by atoms with van der Waals surface area (Å²) in [7, 11) is 3.98. The van der Waals surface area contributed by atoms with Gasteiger partial charge in [-0.3, -0.25) is 14.3 Å². The third-order valence-electron chi connectivity index (χ3n) is 6.20. The average Bonchev–Trinajstić information content (AvgIpc) is 2.83. The Morgan fingerprint density at radius 3 is 2.28 bits per heavy atom. The third kappa shape index (κ3) is 2.70. The number of benzene rings is 4. The van der Waals surface area contributed by atoms with Crippen LogP contribution in [0.5, 0.6) is 0 Å². The molecule has 2 aromatic heterocycles. The molecule has 0 spiro atoms. The van der Waals surface area contributed by atoms with Crippen LogP contribution in [-0.2, 0) is 0 Å². The van der Waals surface area contributed by atoms with Gasteiger partial charge in [0.2, 0.25) is 0 Å². The molecule has 0 unspecified atom stereocenters. The zero-order valence-corrected chi connectivity index (χ0v) is 17.9. The Balaban J connectivity index is 1.87. The minimum absolute atomic E-state index is 0.0374. The van der Waals surface area contributed by atoms with E-state index < -0.39 is 0 Å². The minimum atomic E-state index is -0.0374. The number of rotatable bonds is 2. The topological polar surface area (TPSA) is 38.1 Å². The van der Waals surface area contributed by atoms with Gasteiger partial charge in [-0.2, -0.15) is 0 Å². The van der Waals surface area contributed by atoms with Gasteiger partial charge in [-0.15, -0.1) is 0 Å². The summed E-state index contributed by atoms with van der Waals surface area (Å²) in [5.74, 6) is 0. The lowest BCUT2D eigenvalue weighted by atomic mass is 10.0. The molecule has 154 valence electrons. The van der Waals surface area contributed by atoms with Gasteiger partial charge >= 0.3 is 0 Å². The molecular formula is C28H21N3O. The van der Waals surface area contributed by atoms with Crippen LogP contribution >= 0.6 is 0 Å². The molecule has 0 bridgehead atoms. The second-order valence-corrected chi connectivity index (χ2v) is 8.33. The van der Waals surface area contributed by atoms with Gasteiger partial charge in [-0.05, 0) is 52.6 Å². The molecule has 4 nitrogen and oxygen atoms in total. The van der Waals surface area contributed by atoms with E-state index in [9.17, 15) is 4.79 Å². The summed E-state index contributed by atoms with van der Waals surface area (Å²) >= 11 is 0. The first kappa shape index (κ1) is 18.6. The number of aromatic nitrogens is 2. The van der Waals surface area contributed by atoms with Gasteiger partial charge in [0.1, 0.15) is 0 Å². The van der Waals surface area contributed by atoms with Gasteiger partial charge in [0, 0.05) is 36.8 Å². The molecule has 0 radical (unpaired) electrons. The summed E-state index contributed by atoms with van der Waals surface area (Å²) in [5.41, 5.74) is 3.46. The number of pyridine rings is 2. The van der Waals surface area contributed by atoms with E-state index in [1.807, 2.05) is 72.1 Å². The molecule has 32 heavy (non-hydrogen) atoms. The molecule has 0 saturated carbocycles. The largest absolute Gasteiger partial charge is 0.378 e. The normalized spacial score (nSPS) is 11.6. The van der Waals surface area contributed by atoms with Crippen molar-refractivity contribution in [2.45, 2.75) is 0 Å². The molecule has 6 aromatic rings. The summed E-state index contributed by atoms with van der Waals surface area (Å²) in [6.45, 7) is 0. The molecule has 0 N–H and O–H groups in total. The Hall–Kier alpha value is -4.18. The van der Waals surface area contributed by atoms with Crippen molar-refractivity contribution in [1.29, 1.82) is 0 Å². The Kier molecular flexibility index (Phi) is 4.02. The van der Waals surface area contributed by atoms with Crippen LogP contribution in [0.15, 0.2) is 95.9 Å². The molecule has 4 heteroatoms. The number of para-hydroxylation sites is 1. The maximum absolute atomic E-state index is 14.0. The zero-order valence-electron chi connectivity index (χ0n) is 17.9. The maximum atomic E-state index is 14.0. The van der Waals surface area contributed by atoms with E-state index in [-0.39, 0.29) is 5.56 Å². The fourth-order valence-electron chi connectivity index (χ4n) is 4.59. The van der Waals surface area contributed by atoms with Crippen molar-refractivity contribution >= 4 is 49.0 Å². The van der Waals surface area contributed by atoms with E-state index >= 15 is 0 Å². The highest BCUT2D eigenvalue weighted by Crippen LogP contribution is 2.32. The molecule has 6 rings (SSSR count). The van der Waals surface area contributed by atoms with Gasteiger partial charge in [0.25, 0.3) is 5.56 Å². The molecule has 0 fully saturated rings. The van der Waals surface area contributed by atoms with E-state index in [4.69, 9.17) is 0 Å². The standard InChI is InChI=1S/C28H21N3O/c1-30(2)21-12-13-22-23-15-19-7-3-4-8-20(19)16-26(23)31(28(32)24(22)17-21)25-11-5-9-18-10-6-14-29-27(18)25/h3-17H,1-2H3. The summed E-state index contributed by atoms with van der Waals surface area (Å²) in [4.78, 5) is 20.7. The van der Waals surface area contributed by atoms with Crippen LogP contribution in [0.1, 0.15) is 0 Å². The first-order chi connectivity index (χ1) is 15.6. The monoisotopic (exact) mass is 415 g/mol. The Labute approximate surface area is 185 Å². The van der Waals surface area contributed by atoms with Crippen molar-refractivity contribution in [1.82, 2.24) is 9.55 Å². The first-order valence-electron chi connectivity index (χ1n) is 10.6. The highest BCUT2D eigenvalue weighted by atomic mass is 16.1. The van der Waals surface area contributed by atoms with Gasteiger partial charge in [0.05, 0.1) is 22.1 Å². The summed E-state index contributed by atoms with van der Waals surface area (Å²) in [5, 5.41) is 5.98. The van der Waals surface area contributed by atoms with Gasteiger partial charge < -0.3 is 4.90 Å². The number of hydrogen-bond acceptors (Lipinski definition) is 3. The molecule has 4 aromatic carbocycles. The van der Waals surface area contributed by atoms with Crippen LogP contribution in [0.2, 0.25) is 0 Å². The van der Waals surface area contributed by atoms with Crippen LogP contribution in [0.25, 0.3) is 49.0 Å². The molecule has 0 atom stereocenters. The number of anilines is 1. The minimum Gasteiger partial charge on any atom is -0.378 e. The Morgan fingerprint density at radius 1 is 0.719 bits per heavy atom. The van der Waals surface area contributed by atoms with E-state index in [0.29, 0.717) is 5.39 Å². The van der Waals surface area contributed by atoms with Crippen LogP contribution < -0.4 is 10.5 Å².